The van der Waals surface area contributed by atoms with Gasteiger partial charge in [0.15, 0.2) is 0 Å². The van der Waals surface area contributed by atoms with Gasteiger partial charge in [-0.2, -0.15) is 5.10 Å². The summed E-state index contributed by atoms with van der Waals surface area (Å²) in [5.41, 5.74) is 1.87. The second kappa shape index (κ2) is 4.09. The van der Waals surface area contributed by atoms with Crippen molar-refractivity contribution in [3.05, 3.63) is 64.1 Å². The summed E-state index contributed by atoms with van der Waals surface area (Å²) < 4.78 is 1.45. The second-order valence-electron chi connectivity index (χ2n) is 3.44. The Kier molecular flexibility index (Phi) is 2.63. The van der Waals surface area contributed by atoms with Crippen molar-refractivity contribution in [1.29, 1.82) is 0 Å². The molecule has 1 aromatic carbocycles. The number of rotatable bonds is 2. The van der Waals surface area contributed by atoms with E-state index in [0.717, 1.165) is 11.1 Å². The SMILES string of the molecule is Cc1cnn(Cc2cc[c]cc2)c(=O)c1. The van der Waals surface area contributed by atoms with Gasteiger partial charge in [-0.1, -0.05) is 24.3 Å². The smallest absolute Gasteiger partial charge is 0.267 e. The van der Waals surface area contributed by atoms with Crippen molar-refractivity contribution >= 4 is 0 Å². The van der Waals surface area contributed by atoms with Crippen LogP contribution in [0.2, 0.25) is 0 Å². The third kappa shape index (κ3) is 2.31. The summed E-state index contributed by atoms with van der Waals surface area (Å²) in [4.78, 5) is 11.5. The lowest BCUT2D eigenvalue weighted by Crippen LogP contribution is -2.22. The molecular formula is C12H11N2O. The molecule has 0 atom stereocenters. The van der Waals surface area contributed by atoms with Crippen LogP contribution in [0.25, 0.3) is 0 Å². The summed E-state index contributed by atoms with van der Waals surface area (Å²) in [6, 6.07) is 12.0. The Morgan fingerprint density at radius 3 is 2.80 bits per heavy atom. The van der Waals surface area contributed by atoms with Crippen LogP contribution in [0, 0.1) is 13.0 Å². The maximum atomic E-state index is 11.5. The zero-order valence-electron chi connectivity index (χ0n) is 8.47. The highest BCUT2D eigenvalue weighted by molar-refractivity contribution is 5.14. The zero-order chi connectivity index (χ0) is 10.7. The molecule has 3 nitrogen and oxygen atoms in total. The van der Waals surface area contributed by atoms with E-state index in [1.807, 2.05) is 31.2 Å². The van der Waals surface area contributed by atoms with Crippen LogP contribution in [0.3, 0.4) is 0 Å². The van der Waals surface area contributed by atoms with Crippen LogP contribution < -0.4 is 5.56 Å². The van der Waals surface area contributed by atoms with E-state index in [2.05, 4.69) is 11.2 Å². The minimum absolute atomic E-state index is 0.0668. The quantitative estimate of drug-likeness (QED) is 0.732. The largest absolute Gasteiger partial charge is 0.268 e. The van der Waals surface area contributed by atoms with Gasteiger partial charge in [-0.3, -0.25) is 4.79 Å². The first-order chi connectivity index (χ1) is 7.25. The van der Waals surface area contributed by atoms with Crippen molar-refractivity contribution in [1.82, 2.24) is 9.78 Å². The first kappa shape index (κ1) is 9.65. The van der Waals surface area contributed by atoms with Crippen molar-refractivity contribution in [2.75, 3.05) is 0 Å². The van der Waals surface area contributed by atoms with E-state index in [9.17, 15) is 4.79 Å². The molecule has 15 heavy (non-hydrogen) atoms. The highest BCUT2D eigenvalue weighted by Crippen LogP contribution is 1.98. The monoisotopic (exact) mass is 199 g/mol. The first-order valence-electron chi connectivity index (χ1n) is 4.74. The molecular weight excluding hydrogens is 188 g/mol. The minimum Gasteiger partial charge on any atom is -0.268 e. The molecule has 1 heterocycles. The highest BCUT2D eigenvalue weighted by Gasteiger charge is 1.98. The molecule has 2 aromatic rings. The van der Waals surface area contributed by atoms with E-state index in [4.69, 9.17) is 0 Å². The standard InChI is InChI=1S/C12H11N2O/c1-10-7-12(15)14(13-8-10)9-11-5-3-2-4-6-11/h3-8H,9H2,1H3. The summed E-state index contributed by atoms with van der Waals surface area (Å²) in [6.07, 6.45) is 1.69. The third-order valence-corrected chi connectivity index (χ3v) is 2.13. The predicted octanol–water partition coefficient (Wildman–Crippen LogP) is 1.40. The molecule has 0 N–H and O–H groups in total. The minimum atomic E-state index is -0.0668. The number of benzene rings is 1. The van der Waals surface area contributed by atoms with Gasteiger partial charge in [-0.05, 0) is 24.1 Å². The predicted molar refractivity (Wildman–Crippen MR) is 57.6 cm³/mol. The first-order valence-corrected chi connectivity index (χ1v) is 4.74. The van der Waals surface area contributed by atoms with Crippen LogP contribution in [0.15, 0.2) is 41.3 Å². The molecule has 75 valence electrons. The Morgan fingerprint density at radius 2 is 2.13 bits per heavy atom. The molecule has 1 radical (unpaired) electrons. The molecule has 0 aliphatic rings. The van der Waals surface area contributed by atoms with Crippen LogP contribution in [-0.2, 0) is 6.54 Å². The lowest BCUT2D eigenvalue weighted by Gasteiger charge is -2.03. The van der Waals surface area contributed by atoms with Crippen LogP contribution >= 0.6 is 0 Å². The van der Waals surface area contributed by atoms with Crippen molar-refractivity contribution < 1.29 is 0 Å². The fraction of sp³-hybridized carbons (Fsp3) is 0.167. The van der Waals surface area contributed by atoms with Gasteiger partial charge in [0, 0.05) is 6.07 Å². The average Bonchev–Trinajstić information content (AvgIpc) is 2.24. The fourth-order valence-corrected chi connectivity index (χ4v) is 1.34. The number of aromatic nitrogens is 2. The second-order valence-corrected chi connectivity index (χ2v) is 3.44. The lowest BCUT2D eigenvalue weighted by atomic mass is 10.2. The van der Waals surface area contributed by atoms with E-state index in [1.165, 1.54) is 4.68 Å². The lowest BCUT2D eigenvalue weighted by molar-refractivity contribution is 0.636. The Hall–Kier alpha value is -1.90. The molecule has 0 saturated heterocycles. The summed E-state index contributed by atoms with van der Waals surface area (Å²) in [5.74, 6) is 0. The van der Waals surface area contributed by atoms with Gasteiger partial charge in [0.1, 0.15) is 0 Å². The van der Waals surface area contributed by atoms with E-state index in [-0.39, 0.29) is 5.56 Å². The van der Waals surface area contributed by atoms with Crippen LogP contribution in [0.1, 0.15) is 11.1 Å². The number of hydrogen-bond donors (Lipinski definition) is 0. The molecule has 0 unspecified atom stereocenters. The molecule has 3 heteroatoms. The molecule has 0 fully saturated rings. The van der Waals surface area contributed by atoms with Crippen molar-refractivity contribution in [2.24, 2.45) is 0 Å². The average molecular weight is 199 g/mol. The Morgan fingerprint density at radius 1 is 1.40 bits per heavy atom. The Bertz CT molecular complexity index is 503. The molecule has 0 bridgehead atoms. The maximum absolute atomic E-state index is 11.5. The fourth-order valence-electron chi connectivity index (χ4n) is 1.34. The van der Waals surface area contributed by atoms with Gasteiger partial charge in [-0.15, -0.1) is 0 Å². The molecule has 0 aliphatic carbocycles. The Labute approximate surface area is 88.0 Å². The van der Waals surface area contributed by atoms with Gasteiger partial charge in [0.2, 0.25) is 0 Å². The van der Waals surface area contributed by atoms with Crippen LogP contribution in [-0.4, -0.2) is 9.78 Å². The number of aryl methyl sites for hydroxylation is 1. The van der Waals surface area contributed by atoms with E-state index in [0.29, 0.717) is 6.54 Å². The van der Waals surface area contributed by atoms with E-state index >= 15 is 0 Å². The van der Waals surface area contributed by atoms with Gasteiger partial charge in [0.05, 0.1) is 12.7 Å². The molecule has 1 aromatic heterocycles. The number of nitrogens with zero attached hydrogens (tertiary/aromatic N) is 2. The van der Waals surface area contributed by atoms with Crippen LogP contribution in [0.4, 0.5) is 0 Å². The molecule has 0 saturated carbocycles. The van der Waals surface area contributed by atoms with Gasteiger partial charge in [-0.25, -0.2) is 4.68 Å². The zero-order valence-corrected chi connectivity index (χ0v) is 8.47. The topological polar surface area (TPSA) is 34.9 Å². The Balaban J connectivity index is 2.29. The van der Waals surface area contributed by atoms with E-state index < -0.39 is 0 Å². The summed E-state index contributed by atoms with van der Waals surface area (Å²) >= 11 is 0. The molecule has 0 spiro atoms. The molecule has 2 rings (SSSR count). The van der Waals surface area contributed by atoms with Crippen molar-refractivity contribution in [3.63, 3.8) is 0 Å². The van der Waals surface area contributed by atoms with Gasteiger partial charge < -0.3 is 0 Å². The van der Waals surface area contributed by atoms with Gasteiger partial charge >= 0.3 is 0 Å². The van der Waals surface area contributed by atoms with Crippen LogP contribution in [0.5, 0.6) is 0 Å². The number of hydrogen-bond acceptors (Lipinski definition) is 2. The third-order valence-electron chi connectivity index (χ3n) is 2.13. The highest BCUT2D eigenvalue weighted by atomic mass is 16.1. The van der Waals surface area contributed by atoms with Crippen molar-refractivity contribution in [2.45, 2.75) is 13.5 Å². The molecule has 0 aliphatic heterocycles. The summed E-state index contributed by atoms with van der Waals surface area (Å²) in [7, 11) is 0. The molecule has 0 amide bonds. The maximum Gasteiger partial charge on any atom is 0.267 e. The normalized spacial score (nSPS) is 10.2. The summed E-state index contributed by atoms with van der Waals surface area (Å²) in [5, 5.41) is 4.07. The van der Waals surface area contributed by atoms with Gasteiger partial charge in [0.25, 0.3) is 5.56 Å². The van der Waals surface area contributed by atoms with E-state index in [1.54, 1.807) is 12.3 Å². The summed E-state index contributed by atoms with van der Waals surface area (Å²) in [6.45, 7) is 2.37. The van der Waals surface area contributed by atoms with Crippen molar-refractivity contribution in [3.8, 4) is 0 Å².